The molecule has 1 aromatic rings. The van der Waals surface area contributed by atoms with Gasteiger partial charge in [0.1, 0.15) is 17.3 Å². The van der Waals surface area contributed by atoms with Crippen molar-refractivity contribution >= 4 is 27.4 Å². The predicted octanol–water partition coefficient (Wildman–Crippen LogP) is 0.916. The van der Waals surface area contributed by atoms with Crippen molar-refractivity contribution in [1.29, 1.82) is 0 Å². The molecule has 5 nitrogen and oxygen atoms in total. The van der Waals surface area contributed by atoms with Gasteiger partial charge in [-0.05, 0) is 6.92 Å². The molecule has 0 saturated carbocycles. The lowest BCUT2D eigenvalue weighted by Crippen LogP contribution is -2.28. The molecule has 0 bridgehead atoms. The second-order valence-electron chi connectivity index (χ2n) is 2.57. The Kier molecular flexibility index (Phi) is 3.28. The lowest BCUT2D eigenvalue weighted by molar-refractivity contribution is 0.595. The van der Waals surface area contributed by atoms with Gasteiger partial charge in [-0.1, -0.05) is 11.6 Å². The first-order chi connectivity index (χ1) is 6.47. The third-order valence-corrected chi connectivity index (χ3v) is 3.68. The average molecular weight is 236 g/mol. The lowest BCUT2D eigenvalue weighted by atomic mass is 10.6. The number of hydrogen-bond acceptors (Lipinski definition) is 4. The van der Waals surface area contributed by atoms with Gasteiger partial charge in [0.05, 0.1) is 5.75 Å². The van der Waals surface area contributed by atoms with Crippen molar-refractivity contribution in [2.24, 2.45) is 0 Å². The van der Waals surface area contributed by atoms with Gasteiger partial charge >= 0.3 is 0 Å². The van der Waals surface area contributed by atoms with Crippen LogP contribution in [0.3, 0.4) is 0 Å². The summed E-state index contributed by atoms with van der Waals surface area (Å²) in [5.74, 6) is 0.289. The molecule has 0 saturated heterocycles. The monoisotopic (exact) mass is 235 g/mol. The third-order valence-electron chi connectivity index (χ3n) is 1.72. The summed E-state index contributed by atoms with van der Waals surface area (Å²) in [6, 6.07) is 1.40. The Morgan fingerprint density at radius 2 is 2.14 bits per heavy atom. The molecule has 0 unspecified atom stereocenters. The van der Waals surface area contributed by atoms with Gasteiger partial charge in [-0.25, -0.2) is 18.4 Å². The molecule has 0 aliphatic heterocycles. The maximum atomic E-state index is 11.4. The lowest BCUT2D eigenvalue weighted by Gasteiger charge is -2.16. The van der Waals surface area contributed by atoms with Gasteiger partial charge in [0, 0.05) is 13.1 Å². The van der Waals surface area contributed by atoms with E-state index in [0.717, 1.165) is 4.31 Å². The minimum Gasteiger partial charge on any atom is -0.257 e. The van der Waals surface area contributed by atoms with E-state index < -0.39 is 10.0 Å². The molecule has 0 radical (unpaired) electrons. The smallest absolute Gasteiger partial charge is 0.235 e. The second kappa shape index (κ2) is 4.10. The molecule has 7 heteroatoms. The Labute approximate surface area is 87.8 Å². The zero-order valence-electron chi connectivity index (χ0n) is 7.81. The highest BCUT2D eigenvalue weighted by atomic mass is 35.5. The first-order valence-corrected chi connectivity index (χ1v) is 5.90. The fourth-order valence-corrected chi connectivity index (χ4v) is 1.75. The Hall–Kier alpha value is -0.880. The molecule has 0 amide bonds. The van der Waals surface area contributed by atoms with E-state index in [4.69, 9.17) is 11.6 Å². The number of anilines is 1. The van der Waals surface area contributed by atoms with Crippen LogP contribution in [0.2, 0.25) is 5.15 Å². The topological polar surface area (TPSA) is 63.2 Å². The summed E-state index contributed by atoms with van der Waals surface area (Å²) in [5.41, 5.74) is 0. The molecular weight excluding hydrogens is 226 g/mol. The fourth-order valence-electron chi connectivity index (χ4n) is 0.833. The number of sulfonamides is 1. The summed E-state index contributed by atoms with van der Waals surface area (Å²) in [6.07, 6.45) is 1.22. The van der Waals surface area contributed by atoms with E-state index in [1.807, 2.05) is 0 Å². The first-order valence-electron chi connectivity index (χ1n) is 3.91. The summed E-state index contributed by atoms with van der Waals surface area (Å²) in [6.45, 7) is 1.56. The number of rotatable bonds is 3. The van der Waals surface area contributed by atoms with Gasteiger partial charge in [0.25, 0.3) is 0 Å². The molecule has 78 valence electrons. The number of halogens is 1. The number of nitrogens with zero attached hydrogens (tertiary/aromatic N) is 3. The summed E-state index contributed by atoms with van der Waals surface area (Å²) < 4.78 is 24.0. The predicted molar refractivity (Wildman–Crippen MR) is 54.9 cm³/mol. The minimum atomic E-state index is -3.28. The molecule has 0 N–H and O–H groups in total. The van der Waals surface area contributed by atoms with Gasteiger partial charge in [-0.3, -0.25) is 4.31 Å². The van der Waals surface area contributed by atoms with Crippen LogP contribution in [0.15, 0.2) is 12.4 Å². The molecule has 1 rings (SSSR count). The SMILES string of the molecule is CCS(=O)(=O)N(C)c1cc(Cl)ncn1. The van der Waals surface area contributed by atoms with Crippen LogP contribution in [0.5, 0.6) is 0 Å². The molecule has 1 heterocycles. The van der Waals surface area contributed by atoms with Crippen LogP contribution in [-0.4, -0.2) is 31.2 Å². The van der Waals surface area contributed by atoms with E-state index in [0.29, 0.717) is 0 Å². The maximum absolute atomic E-state index is 11.4. The Balaban J connectivity index is 3.07. The third kappa shape index (κ3) is 2.33. The van der Waals surface area contributed by atoms with Crippen molar-refractivity contribution in [3.05, 3.63) is 17.5 Å². The molecule has 0 aromatic carbocycles. The van der Waals surface area contributed by atoms with Crippen molar-refractivity contribution < 1.29 is 8.42 Å². The summed E-state index contributed by atoms with van der Waals surface area (Å²) in [7, 11) is -1.86. The van der Waals surface area contributed by atoms with Crippen LogP contribution >= 0.6 is 11.6 Å². The van der Waals surface area contributed by atoms with Crippen LogP contribution in [0, 0.1) is 0 Å². The van der Waals surface area contributed by atoms with Crippen molar-refractivity contribution in [2.75, 3.05) is 17.1 Å². The summed E-state index contributed by atoms with van der Waals surface area (Å²) >= 11 is 5.61. The normalized spacial score (nSPS) is 11.4. The van der Waals surface area contributed by atoms with Crippen molar-refractivity contribution in [3.63, 3.8) is 0 Å². The van der Waals surface area contributed by atoms with Crippen molar-refractivity contribution in [1.82, 2.24) is 9.97 Å². The fraction of sp³-hybridized carbons (Fsp3) is 0.429. The van der Waals surface area contributed by atoms with Crippen LogP contribution in [0.25, 0.3) is 0 Å². The van der Waals surface area contributed by atoms with Gasteiger partial charge in [0.2, 0.25) is 10.0 Å². The van der Waals surface area contributed by atoms with E-state index in [2.05, 4.69) is 9.97 Å². The van der Waals surface area contributed by atoms with Crippen LogP contribution < -0.4 is 4.31 Å². The first kappa shape index (κ1) is 11.2. The zero-order valence-corrected chi connectivity index (χ0v) is 9.38. The quantitative estimate of drug-likeness (QED) is 0.731. The zero-order chi connectivity index (χ0) is 10.8. The molecule has 1 aromatic heterocycles. The standard InChI is InChI=1S/C7H10ClN3O2S/c1-3-14(12,13)11(2)7-4-6(8)9-5-10-7/h4-5H,3H2,1-2H3. The highest BCUT2D eigenvalue weighted by Crippen LogP contribution is 2.15. The molecule has 0 aliphatic carbocycles. The van der Waals surface area contributed by atoms with Crippen LogP contribution in [0.1, 0.15) is 6.92 Å². The minimum absolute atomic E-state index is 0.0190. The van der Waals surface area contributed by atoms with E-state index in [-0.39, 0.29) is 16.7 Å². The Morgan fingerprint density at radius 1 is 1.50 bits per heavy atom. The highest BCUT2D eigenvalue weighted by Gasteiger charge is 2.16. The average Bonchev–Trinajstić information content (AvgIpc) is 2.16. The molecule has 0 atom stereocenters. The number of hydrogen-bond donors (Lipinski definition) is 0. The van der Waals surface area contributed by atoms with Gasteiger partial charge in [0.15, 0.2) is 0 Å². The Morgan fingerprint density at radius 3 is 2.64 bits per heavy atom. The van der Waals surface area contributed by atoms with Crippen LogP contribution in [-0.2, 0) is 10.0 Å². The molecule has 14 heavy (non-hydrogen) atoms. The molecule has 0 fully saturated rings. The van der Waals surface area contributed by atoms with Crippen molar-refractivity contribution in [3.8, 4) is 0 Å². The highest BCUT2D eigenvalue weighted by molar-refractivity contribution is 7.92. The van der Waals surface area contributed by atoms with Gasteiger partial charge < -0.3 is 0 Å². The molecule has 0 spiro atoms. The molecular formula is C7H10ClN3O2S. The number of aromatic nitrogens is 2. The van der Waals surface area contributed by atoms with E-state index in [9.17, 15) is 8.42 Å². The van der Waals surface area contributed by atoms with Crippen LogP contribution in [0.4, 0.5) is 5.82 Å². The summed E-state index contributed by atoms with van der Waals surface area (Å²) in [4.78, 5) is 7.47. The van der Waals surface area contributed by atoms with Gasteiger partial charge in [-0.2, -0.15) is 0 Å². The largest absolute Gasteiger partial charge is 0.257 e. The second-order valence-corrected chi connectivity index (χ2v) is 5.24. The van der Waals surface area contributed by atoms with E-state index in [1.165, 1.54) is 19.4 Å². The summed E-state index contributed by atoms with van der Waals surface area (Å²) in [5, 5.41) is 0.216. The van der Waals surface area contributed by atoms with Gasteiger partial charge in [-0.15, -0.1) is 0 Å². The molecule has 0 aliphatic rings. The van der Waals surface area contributed by atoms with E-state index in [1.54, 1.807) is 6.92 Å². The van der Waals surface area contributed by atoms with Crippen molar-refractivity contribution in [2.45, 2.75) is 6.92 Å². The van der Waals surface area contributed by atoms with E-state index >= 15 is 0 Å². The maximum Gasteiger partial charge on any atom is 0.235 e. The Bertz CT molecular complexity index is 421.